The molecule has 0 aromatic heterocycles. The van der Waals surface area contributed by atoms with E-state index in [0.29, 0.717) is 6.10 Å². The first kappa shape index (κ1) is 11.3. The summed E-state index contributed by atoms with van der Waals surface area (Å²) in [5.41, 5.74) is 0. The van der Waals surface area contributed by atoms with Gasteiger partial charge in [-0.3, -0.25) is 0 Å². The third kappa shape index (κ3) is 2.91. The molecule has 1 aromatic carbocycles. The summed E-state index contributed by atoms with van der Waals surface area (Å²) in [5.74, 6) is 2.67. The van der Waals surface area contributed by atoms with Crippen molar-refractivity contribution in [3.8, 4) is 11.5 Å². The summed E-state index contributed by atoms with van der Waals surface area (Å²) < 4.78 is 5.94. The maximum atomic E-state index is 9.19. The maximum absolute atomic E-state index is 9.19. The number of ether oxygens (including phenoxy) is 1. The molecular weight excluding hydrogens is 200 g/mol. The molecule has 1 saturated carbocycles. The number of rotatable bonds is 2. The Morgan fingerprint density at radius 1 is 1.00 bits per heavy atom. The van der Waals surface area contributed by atoms with Crippen LogP contribution in [0.25, 0.3) is 0 Å². The van der Waals surface area contributed by atoms with Crippen molar-refractivity contribution < 1.29 is 9.84 Å². The van der Waals surface area contributed by atoms with E-state index in [2.05, 4.69) is 13.8 Å². The fourth-order valence-electron chi connectivity index (χ4n) is 2.69. The Morgan fingerprint density at radius 2 is 1.56 bits per heavy atom. The number of hydrogen-bond donors (Lipinski definition) is 1. The molecule has 1 aliphatic carbocycles. The lowest BCUT2D eigenvalue weighted by molar-refractivity contribution is 0.101. The first-order valence-corrected chi connectivity index (χ1v) is 6.09. The van der Waals surface area contributed by atoms with E-state index >= 15 is 0 Å². The van der Waals surface area contributed by atoms with E-state index in [1.54, 1.807) is 12.1 Å². The van der Waals surface area contributed by atoms with E-state index in [9.17, 15) is 5.11 Å². The molecule has 0 heterocycles. The van der Waals surface area contributed by atoms with Gasteiger partial charge in [0.25, 0.3) is 0 Å². The molecule has 1 aromatic rings. The molecule has 1 fully saturated rings. The number of phenols is 1. The van der Waals surface area contributed by atoms with E-state index in [0.717, 1.165) is 30.4 Å². The Balaban J connectivity index is 1.96. The molecule has 2 rings (SSSR count). The second-order valence-electron chi connectivity index (χ2n) is 5.15. The van der Waals surface area contributed by atoms with Crippen LogP contribution in [0.5, 0.6) is 11.5 Å². The zero-order valence-electron chi connectivity index (χ0n) is 10.0. The van der Waals surface area contributed by atoms with Gasteiger partial charge in [-0.1, -0.05) is 13.8 Å². The Labute approximate surface area is 97.3 Å². The zero-order valence-corrected chi connectivity index (χ0v) is 10.0. The van der Waals surface area contributed by atoms with Gasteiger partial charge in [0.15, 0.2) is 0 Å². The molecule has 1 N–H and O–H groups in total. The van der Waals surface area contributed by atoms with Crippen LogP contribution in [0.1, 0.15) is 33.1 Å². The third-order valence-electron chi connectivity index (χ3n) is 3.27. The van der Waals surface area contributed by atoms with Gasteiger partial charge in [-0.25, -0.2) is 0 Å². The fourth-order valence-corrected chi connectivity index (χ4v) is 2.69. The van der Waals surface area contributed by atoms with Gasteiger partial charge < -0.3 is 9.84 Å². The Morgan fingerprint density at radius 3 is 2.12 bits per heavy atom. The fraction of sp³-hybridized carbons (Fsp3) is 0.571. The molecule has 2 heteroatoms. The van der Waals surface area contributed by atoms with Gasteiger partial charge in [0.05, 0.1) is 6.10 Å². The van der Waals surface area contributed by atoms with Crippen molar-refractivity contribution in [3.63, 3.8) is 0 Å². The van der Waals surface area contributed by atoms with E-state index in [-0.39, 0.29) is 5.75 Å². The predicted octanol–water partition coefficient (Wildman–Crippen LogP) is 3.60. The molecule has 0 amide bonds. The topological polar surface area (TPSA) is 29.5 Å². The molecule has 2 nitrogen and oxygen atoms in total. The van der Waals surface area contributed by atoms with Crippen LogP contribution in [0.3, 0.4) is 0 Å². The van der Waals surface area contributed by atoms with E-state index < -0.39 is 0 Å². The van der Waals surface area contributed by atoms with Gasteiger partial charge in [-0.05, 0) is 55.4 Å². The highest BCUT2D eigenvalue weighted by atomic mass is 16.5. The third-order valence-corrected chi connectivity index (χ3v) is 3.27. The average molecular weight is 220 g/mol. The molecule has 0 bridgehead atoms. The van der Waals surface area contributed by atoms with Crippen LogP contribution in [-0.2, 0) is 0 Å². The van der Waals surface area contributed by atoms with Crippen LogP contribution in [0.15, 0.2) is 24.3 Å². The van der Waals surface area contributed by atoms with Crippen LogP contribution in [-0.4, -0.2) is 11.2 Å². The minimum Gasteiger partial charge on any atom is -0.508 e. The highest BCUT2D eigenvalue weighted by molar-refractivity contribution is 5.30. The van der Waals surface area contributed by atoms with Crippen molar-refractivity contribution in [2.75, 3.05) is 0 Å². The van der Waals surface area contributed by atoms with Crippen molar-refractivity contribution in [1.82, 2.24) is 0 Å². The summed E-state index contributed by atoms with van der Waals surface area (Å²) in [5, 5.41) is 9.19. The molecule has 16 heavy (non-hydrogen) atoms. The molecule has 0 radical (unpaired) electrons. The lowest BCUT2D eigenvalue weighted by Crippen LogP contribution is -2.28. The summed E-state index contributed by atoms with van der Waals surface area (Å²) >= 11 is 0. The molecule has 0 spiro atoms. The quantitative estimate of drug-likeness (QED) is 0.825. The lowest BCUT2D eigenvalue weighted by Gasteiger charge is -2.31. The first-order valence-electron chi connectivity index (χ1n) is 6.09. The van der Waals surface area contributed by atoms with Gasteiger partial charge in [-0.2, -0.15) is 0 Å². The largest absolute Gasteiger partial charge is 0.508 e. The molecule has 2 atom stereocenters. The standard InChI is InChI=1S/C14H20O2/c1-10-7-11(2)9-14(8-10)16-13-5-3-12(15)4-6-13/h3-6,10-11,14-15H,7-9H2,1-2H3. The number of hydrogen-bond acceptors (Lipinski definition) is 2. The monoisotopic (exact) mass is 220 g/mol. The van der Waals surface area contributed by atoms with Crippen LogP contribution in [0.4, 0.5) is 0 Å². The summed E-state index contributed by atoms with van der Waals surface area (Å²) in [7, 11) is 0. The van der Waals surface area contributed by atoms with Crippen molar-refractivity contribution >= 4 is 0 Å². The van der Waals surface area contributed by atoms with Gasteiger partial charge in [-0.15, -0.1) is 0 Å². The molecule has 88 valence electrons. The van der Waals surface area contributed by atoms with Crippen LogP contribution < -0.4 is 4.74 Å². The summed E-state index contributed by atoms with van der Waals surface area (Å²) in [4.78, 5) is 0. The lowest BCUT2D eigenvalue weighted by atomic mass is 9.82. The zero-order chi connectivity index (χ0) is 11.5. The highest BCUT2D eigenvalue weighted by Gasteiger charge is 2.25. The van der Waals surface area contributed by atoms with E-state index in [1.165, 1.54) is 6.42 Å². The maximum Gasteiger partial charge on any atom is 0.119 e. The van der Waals surface area contributed by atoms with Gasteiger partial charge in [0, 0.05) is 0 Å². The van der Waals surface area contributed by atoms with Crippen molar-refractivity contribution in [3.05, 3.63) is 24.3 Å². The molecular formula is C14H20O2. The van der Waals surface area contributed by atoms with E-state index in [4.69, 9.17) is 4.74 Å². The molecule has 1 aliphatic rings. The SMILES string of the molecule is CC1CC(C)CC(Oc2ccc(O)cc2)C1. The summed E-state index contributed by atoms with van der Waals surface area (Å²) in [6.07, 6.45) is 3.94. The van der Waals surface area contributed by atoms with Gasteiger partial charge in [0.2, 0.25) is 0 Å². The van der Waals surface area contributed by atoms with Crippen LogP contribution in [0, 0.1) is 11.8 Å². The number of aromatic hydroxyl groups is 1. The van der Waals surface area contributed by atoms with Gasteiger partial charge >= 0.3 is 0 Å². The van der Waals surface area contributed by atoms with Crippen molar-refractivity contribution in [2.45, 2.75) is 39.2 Å². The van der Waals surface area contributed by atoms with Crippen molar-refractivity contribution in [2.24, 2.45) is 11.8 Å². The molecule has 0 saturated heterocycles. The van der Waals surface area contributed by atoms with E-state index in [1.807, 2.05) is 12.1 Å². The Kier molecular flexibility index (Phi) is 3.37. The second-order valence-corrected chi connectivity index (χ2v) is 5.15. The smallest absolute Gasteiger partial charge is 0.119 e. The highest BCUT2D eigenvalue weighted by Crippen LogP contribution is 2.31. The minimum atomic E-state index is 0.290. The average Bonchev–Trinajstić information content (AvgIpc) is 2.20. The van der Waals surface area contributed by atoms with Crippen LogP contribution in [0.2, 0.25) is 0 Å². The minimum absolute atomic E-state index is 0.290. The summed E-state index contributed by atoms with van der Waals surface area (Å²) in [6, 6.07) is 7.01. The Bertz CT molecular complexity index is 321. The molecule has 0 aliphatic heterocycles. The Hall–Kier alpha value is -1.18. The number of phenolic OH excluding ortho intramolecular Hbond substituents is 1. The predicted molar refractivity (Wildman–Crippen MR) is 64.7 cm³/mol. The van der Waals surface area contributed by atoms with Gasteiger partial charge in [0.1, 0.15) is 11.5 Å². The molecule has 2 unspecified atom stereocenters. The second kappa shape index (κ2) is 4.77. The summed E-state index contributed by atoms with van der Waals surface area (Å²) in [6.45, 7) is 4.59. The van der Waals surface area contributed by atoms with Crippen LogP contribution >= 0.6 is 0 Å². The number of benzene rings is 1. The first-order chi connectivity index (χ1) is 7.63. The van der Waals surface area contributed by atoms with Crippen molar-refractivity contribution in [1.29, 1.82) is 0 Å². The normalized spacial score (nSPS) is 30.0.